The zero-order valence-electron chi connectivity index (χ0n) is 10.9. The summed E-state index contributed by atoms with van der Waals surface area (Å²) in [5.41, 5.74) is 7.41. The largest absolute Gasteiger partial charge is 0.354 e. The van der Waals surface area contributed by atoms with Crippen LogP contribution < -0.4 is 11.1 Å². The van der Waals surface area contributed by atoms with Gasteiger partial charge in [0, 0.05) is 26.1 Å². The molecule has 0 bridgehead atoms. The Bertz CT molecular complexity index is 553. The standard InChI is InChI=1S/C13H18N4O.ClH/c1-10-16-11-4-2-3-5-12(11)17(10)9-8-15-13(18)6-7-14;/h2-5H,6-9,14H2,1H3,(H,15,18);1H. The Hall–Kier alpha value is -1.59. The third kappa shape index (κ3) is 3.68. The number of nitrogens with two attached hydrogens (primary N) is 1. The van der Waals surface area contributed by atoms with Crippen LogP contribution in [0.5, 0.6) is 0 Å². The second-order valence-electron chi connectivity index (χ2n) is 4.19. The number of fused-ring (bicyclic) bond motifs is 1. The van der Waals surface area contributed by atoms with E-state index in [1.165, 1.54) is 0 Å². The van der Waals surface area contributed by atoms with E-state index < -0.39 is 0 Å². The normalized spacial score (nSPS) is 10.2. The number of aromatic nitrogens is 2. The summed E-state index contributed by atoms with van der Waals surface area (Å²) in [5, 5.41) is 2.85. The van der Waals surface area contributed by atoms with E-state index in [1.807, 2.05) is 31.2 Å². The Morgan fingerprint density at radius 1 is 1.42 bits per heavy atom. The molecule has 3 N–H and O–H groups in total. The summed E-state index contributed by atoms with van der Waals surface area (Å²) in [7, 11) is 0. The van der Waals surface area contributed by atoms with Gasteiger partial charge < -0.3 is 15.6 Å². The first-order valence-corrected chi connectivity index (χ1v) is 6.11. The highest BCUT2D eigenvalue weighted by Crippen LogP contribution is 2.14. The molecule has 0 unspecified atom stereocenters. The molecule has 0 saturated heterocycles. The first-order chi connectivity index (χ1) is 8.72. The van der Waals surface area contributed by atoms with Crippen LogP contribution >= 0.6 is 12.4 Å². The van der Waals surface area contributed by atoms with Gasteiger partial charge in [0.2, 0.25) is 5.91 Å². The lowest BCUT2D eigenvalue weighted by Gasteiger charge is -2.08. The van der Waals surface area contributed by atoms with Gasteiger partial charge in [0.05, 0.1) is 11.0 Å². The first-order valence-electron chi connectivity index (χ1n) is 6.11. The minimum absolute atomic E-state index is 0. The van der Waals surface area contributed by atoms with Gasteiger partial charge in [-0.2, -0.15) is 0 Å². The SMILES string of the molecule is Cc1nc2ccccc2n1CCNC(=O)CCN.Cl. The van der Waals surface area contributed by atoms with Gasteiger partial charge in [-0.25, -0.2) is 4.98 Å². The maximum Gasteiger partial charge on any atom is 0.221 e. The van der Waals surface area contributed by atoms with Crippen molar-refractivity contribution < 1.29 is 4.79 Å². The summed E-state index contributed by atoms with van der Waals surface area (Å²) in [6, 6.07) is 8.00. The fraction of sp³-hybridized carbons (Fsp3) is 0.385. The average molecular weight is 283 g/mol. The van der Waals surface area contributed by atoms with Crippen molar-refractivity contribution in [1.29, 1.82) is 0 Å². The van der Waals surface area contributed by atoms with Crippen molar-refractivity contribution in [3.63, 3.8) is 0 Å². The zero-order valence-corrected chi connectivity index (χ0v) is 11.7. The monoisotopic (exact) mass is 282 g/mol. The van der Waals surface area contributed by atoms with Gasteiger partial charge >= 0.3 is 0 Å². The molecule has 1 aromatic carbocycles. The lowest BCUT2D eigenvalue weighted by molar-refractivity contribution is -0.120. The van der Waals surface area contributed by atoms with Crippen LogP contribution in [0.3, 0.4) is 0 Å². The molecule has 0 atom stereocenters. The summed E-state index contributed by atoms with van der Waals surface area (Å²) < 4.78 is 2.11. The number of nitrogens with one attached hydrogen (secondary N) is 1. The van der Waals surface area contributed by atoms with E-state index in [2.05, 4.69) is 14.9 Å². The predicted molar refractivity (Wildman–Crippen MR) is 78.4 cm³/mol. The zero-order chi connectivity index (χ0) is 13.0. The van der Waals surface area contributed by atoms with E-state index in [-0.39, 0.29) is 18.3 Å². The summed E-state index contributed by atoms with van der Waals surface area (Å²) in [6.45, 7) is 3.68. The number of para-hydroxylation sites is 2. The van der Waals surface area contributed by atoms with Crippen molar-refractivity contribution >= 4 is 29.3 Å². The summed E-state index contributed by atoms with van der Waals surface area (Å²) in [4.78, 5) is 15.8. The number of nitrogens with zero attached hydrogens (tertiary/aromatic N) is 2. The highest BCUT2D eigenvalue weighted by Gasteiger charge is 2.06. The third-order valence-electron chi connectivity index (χ3n) is 2.87. The number of rotatable bonds is 5. The number of imidazole rings is 1. The number of aryl methyl sites for hydroxylation is 1. The maximum absolute atomic E-state index is 11.3. The number of benzene rings is 1. The number of carbonyl (C=O) groups is 1. The molecule has 0 aliphatic rings. The van der Waals surface area contributed by atoms with Crippen LogP contribution in [-0.4, -0.2) is 28.5 Å². The molecule has 0 aliphatic carbocycles. The van der Waals surface area contributed by atoms with Gasteiger partial charge in [-0.3, -0.25) is 4.79 Å². The molecule has 1 aromatic heterocycles. The lowest BCUT2D eigenvalue weighted by atomic mass is 10.3. The smallest absolute Gasteiger partial charge is 0.221 e. The van der Waals surface area contributed by atoms with Crippen molar-refractivity contribution in [1.82, 2.24) is 14.9 Å². The van der Waals surface area contributed by atoms with Crippen LogP contribution in [0.1, 0.15) is 12.2 Å². The van der Waals surface area contributed by atoms with Crippen LogP contribution in [0.4, 0.5) is 0 Å². The number of carbonyl (C=O) groups excluding carboxylic acids is 1. The Morgan fingerprint density at radius 2 is 2.16 bits per heavy atom. The predicted octanol–water partition coefficient (Wildman–Crippen LogP) is 1.23. The Kier molecular flexibility index (Phi) is 5.79. The van der Waals surface area contributed by atoms with Gasteiger partial charge in [0.15, 0.2) is 0 Å². The Morgan fingerprint density at radius 3 is 2.89 bits per heavy atom. The first kappa shape index (κ1) is 15.5. The average Bonchev–Trinajstić information content (AvgIpc) is 2.66. The molecular weight excluding hydrogens is 264 g/mol. The third-order valence-corrected chi connectivity index (χ3v) is 2.87. The second kappa shape index (κ2) is 7.11. The summed E-state index contributed by atoms with van der Waals surface area (Å²) >= 11 is 0. The molecular formula is C13H19ClN4O. The molecule has 0 aliphatic heterocycles. The highest BCUT2D eigenvalue weighted by atomic mass is 35.5. The molecule has 19 heavy (non-hydrogen) atoms. The van der Waals surface area contributed by atoms with Crippen molar-refractivity contribution in [2.45, 2.75) is 19.9 Å². The molecule has 104 valence electrons. The molecule has 0 saturated carbocycles. The molecule has 0 fully saturated rings. The van der Waals surface area contributed by atoms with E-state index in [1.54, 1.807) is 0 Å². The number of hydrogen-bond donors (Lipinski definition) is 2. The lowest BCUT2D eigenvalue weighted by Crippen LogP contribution is -2.28. The fourth-order valence-electron chi connectivity index (χ4n) is 2.00. The van der Waals surface area contributed by atoms with Crippen LogP contribution in [0, 0.1) is 6.92 Å². The molecule has 1 amide bonds. The molecule has 6 heteroatoms. The second-order valence-corrected chi connectivity index (χ2v) is 4.19. The van der Waals surface area contributed by atoms with Crippen molar-refractivity contribution in [3.8, 4) is 0 Å². The van der Waals surface area contributed by atoms with Gasteiger partial charge in [-0.05, 0) is 19.1 Å². The van der Waals surface area contributed by atoms with E-state index in [0.717, 1.165) is 23.4 Å². The van der Waals surface area contributed by atoms with Gasteiger partial charge in [-0.1, -0.05) is 12.1 Å². The minimum atomic E-state index is -0.000395. The Balaban J connectivity index is 0.00000180. The molecule has 0 radical (unpaired) electrons. The molecule has 1 heterocycles. The maximum atomic E-state index is 11.3. The summed E-state index contributed by atoms with van der Waals surface area (Å²) in [5.74, 6) is 0.962. The number of halogens is 1. The fourth-order valence-corrected chi connectivity index (χ4v) is 2.00. The van der Waals surface area contributed by atoms with Crippen molar-refractivity contribution in [3.05, 3.63) is 30.1 Å². The number of amides is 1. The van der Waals surface area contributed by atoms with Crippen LogP contribution in [0.2, 0.25) is 0 Å². The molecule has 5 nitrogen and oxygen atoms in total. The topological polar surface area (TPSA) is 72.9 Å². The molecule has 2 aromatic rings. The Labute approximate surface area is 118 Å². The van der Waals surface area contributed by atoms with Gasteiger partial charge in [0.1, 0.15) is 5.82 Å². The quantitative estimate of drug-likeness (QED) is 0.866. The minimum Gasteiger partial charge on any atom is -0.354 e. The van der Waals surface area contributed by atoms with Crippen molar-refractivity contribution in [2.75, 3.05) is 13.1 Å². The number of hydrogen-bond acceptors (Lipinski definition) is 3. The van der Waals surface area contributed by atoms with E-state index in [0.29, 0.717) is 19.5 Å². The van der Waals surface area contributed by atoms with Crippen LogP contribution in [0.15, 0.2) is 24.3 Å². The highest BCUT2D eigenvalue weighted by molar-refractivity contribution is 5.85. The van der Waals surface area contributed by atoms with Gasteiger partial charge in [0.25, 0.3) is 0 Å². The van der Waals surface area contributed by atoms with E-state index in [9.17, 15) is 4.79 Å². The van der Waals surface area contributed by atoms with Crippen LogP contribution in [0.25, 0.3) is 11.0 Å². The molecule has 0 spiro atoms. The van der Waals surface area contributed by atoms with Crippen LogP contribution in [-0.2, 0) is 11.3 Å². The van der Waals surface area contributed by atoms with Gasteiger partial charge in [-0.15, -0.1) is 12.4 Å². The van der Waals surface area contributed by atoms with E-state index in [4.69, 9.17) is 5.73 Å². The molecule has 2 rings (SSSR count). The van der Waals surface area contributed by atoms with Crippen molar-refractivity contribution in [2.24, 2.45) is 5.73 Å². The van der Waals surface area contributed by atoms with E-state index >= 15 is 0 Å². The summed E-state index contributed by atoms with van der Waals surface area (Å²) in [6.07, 6.45) is 0.379.